The smallest absolute Gasteiger partial charge is 0.410 e. The second kappa shape index (κ2) is 10.8. The number of carbonyl (C=O) groups excluding carboxylic acids is 1. The molecular formula is C24H24Cl2N2O5S. The van der Waals surface area contributed by atoms with Crippen molar-refractivity contribution in [2.75, 3.05) is 13.1 Å². The molecule has 1 aliphatic rings. The number of nitrogens with two attached hydrogens (primary N) is 1. The van der Waals surface area contributed by atoms with Gasteiger partial charge in [-0.2, -0.15) is 8.42 Å². The van der Waals surface area contributed by atoms with E-state index in [2.05, 4.69) is 0 Å². The van der Waals surface area contributed by atoms with Crippen LogP contribution < -0.4 is 5.73 Å². The van der Waals surface area contributed by atoms with Crippen molar-refractivity contribution in [1.29, 1.82) is 0 Å². The summed E-state index contributed by atoms with van der Waals surface area (Å²) >= 11 is 11.9. The normalized spacial score (nSPS) is 14.4. The van der Waals surface area contributed by atoms with E-state index in [0.717, 1.165) is 16.7 Å². The molecule has 0 aromatic heterocycles. The van der Waals surface area contributed by atoms with E-state index in [4.69, 9.17) is 38.2 Å². The van der Waals surface area contributed by atoms with Gasteiger partial charge < -0.3 is 15.4 Å². The van der Waals surface area contributed by atoms with Crippen LogP contribution in [0.3, 0.4) is 0 Å². The standard InChI is InChI=1S/C17H16Cl2N2O2.C7H8O3S/c18-14-7-6-13(8-15(14)19)17(20)10-21(11-17)16(22)23-9-12-4-2-1-3-5-12;1-6-2-4-7(5-3-6)11(8,9)10/h1-8H,9-11,20H2;2-5H,1H3,(H,8,9,10). The average Bonchev–Trinajstić information content (AvgIpc) is 2.78. The molecule has 1 saturated heterocycles. The molecule has 3 aromatic carbocycles. The first kappa shape index (κ1) is 26.0. The third kappa shape index (κ3) is 6.71. The molecule has 1 aliphatic heterocycles. The van der Waals surface area contributed by atoms with Crippen molar-refractivity contribution >= 4 is 39.4 Å². The summed E-state index contributed by atoms with van der Waals surface area (Å²) in [7, 11) is -4.02. The van der Waals surface area contributed by atoms with E-state index in [9.17, 15) is 13.2 Å². The summed E-state index contributed by atoms with van der Waals surface area (Å²) in [5, 5.41) is 0.941. The third-order valence-corrected chi connectivity index (χ3v) is 6.83. The van der Waals surface area contributed by atoms with Gasteiger partial charge in [0, 0.05) is 13.1 Å². The zero-order valence-corrected chi connectivity index (χ0v) is 20.6. The Hall–Kier alpha value is -2.62. The number of benzene rings is 3. The SMILES string of the molecule is Cc1ccc(S(=O)(=O)O)cc1.NC1(c2ccc(Cl)c(Cl)c2)CN(C(=O)OCc2ccccc2)C1. The maximum atomic E-state index is 12.0. The van der Waals surface area contributed by atoms with Crippen LogP contribution in [0.4, 0.5) is 4.79 Å². The Morgan fingerprint density at radius 2 is 1.65 bits per heavy atom. The minimum atomic E-state index is -4.02. The number of likely N-dealkylation sites (tertiary alicyclic amines) is 1. The number of hydrogen-bond donors (Lipinski definition) is 2. The van der Waals surface area contributed by atoms with Crippen LogP contribution in [-0.4, -0.2) is 37.1 Å². The highest BCUT2D eigenvalue weighted by Gasteiger charge is 2.44. The van der Waals surface area contributed by atoms with E-state index >= 15 is 0 Å². The van der Waals surface area contributed by atoms with Crippen LogP contribution in [0.25, 0.3) is 0 Å². The summed E-state index contributed by atoms with van der Waals surface area (Å²) < 4.78 is 34.8. The first-order valence-corrected chi connectivity index (χ1v) is 12.4. The summed E-state index contributed by atoms with van der Waals surface area (Å²) in [5.74, 6) is 0. The lowest BCUT2D eigenvalue weighted by Crippen LogP contribution is -2.66. The number of aryl methyl sites for hydroxylation is 1. The van der Waals surface area contributed by atoms with Gasteiger partial charge in [-0.3, -0.25) is 4.55 Å². The van der Waals surface area contributed by atoms with Gasteiger partial charge in [0.1, 0.15) is 6.61 Å². The molecule has 1 heterocycles. The van der Waals surface area contributed by atoms with E-state index in [1.165, 1.54) is 12.1 Å². The topological polar surface area (TPSA) is 110 Å². The molecule has 0 bridgehead atoms. The van der Waals surface area contributed by atoms with Crippen molar-refractivity contribution in [3.05, 3.63) is 99.5 Å². The van der Waals surface area contributed by atoms with Crippen molar-refractivity contribution in [2.24, 2.45) is 5.73 Å². The highest BCUT2D eigenvalue weighted by molar-refractivity contribution is 7.85. The van der Waals surface area contributed by atoms with Crippen molar-refractivity contribution in [3.8, 4) is 0 Å². The Morgan fingerprint density at radius 1 is 1.03 bits per heavy atom. The quantitative estimate of drug-likeness (QED) is 0.464. The number of halogens is 2. The molecule has 0 aliphatic carbocycles. The number of hydrogen-bond acceptors (Lipinski definition) is 5. The summed E-state index contributed by atoms with van der Waals surface area (Å²) in [6, 6.07) is 20.8. The fraction of sp³-hybridized carbons (Fsp3) is 0.208. The number of ether oxygens (including phenoxy) is 1. The molecule has 0 spiro atoms. The summed E-state index contributed by atoms with van der Waals surface area (Å²) in [6.45, 7) is 2.87. The molecule has 180 valence electrons. The number of amides is 1. The maximum Gasteiger partial charge on any atom is 0.410 e. The molecule has 3 N–H and O–H groups in total. The van der Waals surface area contributed by atoms with Crippen LogP contribution in [-0.2, 0) is 27.0 Å². The molecule has 1 fully saturated rings. The third-order valence-electron chi connectivity index (χ3n) is 5.22. The van der Waals surface area contributed by atoms with Crippen LogP contribution in [0.1, 0.15) is 16.7 Å². The predicted octanol–water partition coefficient (Wildman–Crippen LogP) is 5.04. The molecule has 1 amide bonds. The van der Waals surface area contributed by atoms with Gasteiger partial charge in [-0.05, 0) is 42.3 Å². The molecule has 34 heavy (non-hydrogen) atoms. The Bertz CT molecular complexity index is 1250. The first-order valence-electron chi connectivity index (χ1n) is 10.2. The van der Waals surface area contributed by atoms with Crippen molar-refractivity contribution in [2.45, 2.75) is 24.0 Å². The summed E-state index contributed by atoms with van der Waals surface area (Å²) in [4.78, 5) is 13.5. The van der Waals surface area contributed by atoms with Gasteiger partial charge in [0.2, 0.25) is 0 Å². The lowest BCUT2D eigenvalue weighted by atomic mass is 9.84. The number of nitrogens with zero attached hydrogens (tertiary/aromatic N) is 1. The van der Waals surface area contributed by atoms with Gasteiger partial charge in [0.25, 0.3) is 10.1 Å². The maximum absolute atomic E-state index is 12.0. The van der Waals surface area contributed by atoms with Gasteiger partial charge in [0.15, 0.2) is 0 Å². The lowest BCUT2D eigenvalue weighted by molar-refractivity contribution is 0.0353. The van der Waals surface area contributed by atoms with Crippen LogP contribution in [0.5, 0.6) is 0 Å². The molecule has 0 saturated carbocycles. The van der Waals surface area contributed by atoms with E-state index in [-0.39, 0.29) is 17.6 Å². The van der Waals surface area contributed by atoms with E-state index in [0.29, 0.717) is 23.1 Å². The molecular weight excluding hydrogens is 499 g/mol. The van der Waals surface area contributed by atoms with Crippen molar-refractivity contribution < 1.29 is 22.5 Å². The molecule has 0 unspecified atom stereocenters. The van der Waals surface area contributed by atoms with Crippen LogP contribution in [0.15, 0.2) is 77.7 Å². The van der Waals surface area contributed by atoms with Gasteiger partial charge in [-0.1, -0.05) is 77.3 Å². The lowest BCUT2D eigenvalue weighted by Gasteiger charge is -2.47. The molecule has 10 heteroatoms. The Morgan fingerprint density at radius 3 is 2.21 bits per heavy atom. The van der Waals surface area contributed by atoms with E-state index in [1.807, 2.05) is 43.3 Å². The molecule has 3 aromatic rings. The first-order chi connectivity index (χ1) is 16.0. The number of carbonyl (C=O) groups is 1. The monoisotopic (exact) mass is 522 g/mol. The van der Waals surface area contributed by atoms with Crippen LogP contribution >= 0.6 is 23.2 Å². The van der Waals surface area contributed by atoms with Crippen LogP contribution in [0.2, 0.25) is 10.0 Å². The summed E-state index contributed by atoms with van der Waals surface area (Å²) in [6.07, 6.45) is -0.366. The zero-order valence-electron chi connectivity index (χ0n) is 18.3. The summed E-state index contributed by atoms with van der Waals surface area (Å²) in [5.41, 5.74) is 8.48. The van der Waals surface area contributed by atoms with Crippen molar-refractivity contribution in [1.82, 2.24) is 4.90 Å². The van der Waals surface area contributed by atoms with E-state index < -0.39 is 15.7 Å². The van der Waals surface area contributed by atoms with E-state index in [1.54, 1.807) is 29.2 Å². The largest absolute Gasteiger partial charge is 0.445 e. The minimum Gasteiger partial charge on any atom is -0.445 e. The second-order valence-corrected chi connectivity index (χ2v) is 10.2. The average molecular weight is 523 g/mol. The molecule has 7 nitrogen and oxygen atoms in total. The molecule has 0 radical (unpaired) electrons. The fourth-order valence-electron chi connectivity index (χ4n) is 3.27. The number of rotatable bonds is 4. The predicted molar refractivity (Wildman–Crippen MR) is 132 cm³/mol. The highest BCUT2D eigenvalue weighted by Crippen LogP contribution is 2.33. The fourth-order valence-corrected chi connectivity index (χ4v) is 4.05. The zero-order chi connectivity index (χ0) is 24.9. The van der Waals surface area contributed by atoms with Gasteiger partial charge >= 0.3 is 6.09 Å². The Balaban J connectivity index is 0.000000248. The molecule has 4 rings (SSSR count). The van der Waals surface area contributed by atoms with Crippen molar-refractivity contribution in [3.63, 3.8) is 0 Å². The van der Waals surface area contributed by atoms with Gasteiger partial charge in [-0.15, -0.1) is 0 Å². The van der Waals surface area contributed by atoms with Gasteiger partial charge in [-0.25, -0.2) is 4.79 Å². The highest BCUT2D eigenvalue weighted by atomic mass is 35.5. The molecule has 0 atom stereocenters. The Kier molecular flexibility index (Phi) is 8.22. The van der Waals surface area contributed by atoms with Gasteiger partial charge in [0.05, 0.1) is 20.5 Å². The second-order valence-electron chi connectivity index (χ2n) is 7.97. The Labute approximate surface area is 208 Å². The minimum absolute atomic E-state index is 0.0666. The van der Waals surface area contributed by atoms with Crippen LogP contribution in [0, 0.1) is 6.92 Å².